The summed E-state index contributed by atoms with van der Waals surface area (Å²) in [7, 11) is 0. The van der Waals surface area contributed by atoms with Gasteiger partial charge in [0.05, 0.1) is 12.5 Å². The molecule has 2 rings (SSSR count). The van der Waals surface area contributed by atoms with Gasteiger partial charge in [0.15, 0.2) is 0 Å². The summed E-state index contributed by atoms with van der Waals surface area (Å²) in [5, 5.41) is 3.10. The van der Waals surface area contributed by atoms with Crippen LogP contribution in [0.3, 0.4) is 0 Å². The number of hydrogen-bond acceptors (Lipinski definition) is 1. The SMILES string of the molecule is Cc1cc(C)c([C@@H](C)NC(=O)Cc2cccc(Br)c2)cc1C. The van der Waals surface area contributed by atoms with Crippen LogP contribution in [0.4, 0.5) is 0 Å². The van der Waals surface area contributed by atoms with Gasteiger partial charge in [-0.3, -0.25) is 4.79 Å². The first kappa shape index (κ1) is 16.8. The Morgan fingerprint density at radius 1 is 1.09 bits per heavy atom. The van der Waals surface area contributed by atoms with E-state index in [4.69, 9.17) is 0 Å². The summed E-state index contributed by atoms with van der Waals surface area (Å²) < 4.78 is 0.996. The van der Waals surface area contributed by atoms with E-state index < -0.39 is 0 Å². The van der Waals surface area contributed by atoms with Gasteiger partial charge in [-0.15, -0.1) is 0 Å². The predicted octanol–water partition coefficient (Wildman–Crippen LogP) is 4.79. The van der Waals surface area contributed by atoms with Gasteiger partial charge < -0.3 is 5.32 Å². The number of halogens is 1. The van der Waals surface area contributed by atoms with E-state index in [1.54, 1.807) is 0 Å². The number of aryl methyl sites for hydroxylation is 3. The molecule has 1 amide bonds. The van der Waals surface area contributed by atoms with Crippen molar-refractivity contribution in [3.8, 4) is 0 Å². The molecule has 0 unspecified atom stereocenters. The second-order valence-electron chi connectivity index (χ2n) is 5.89. The number of carbonyl (C=O) groups is 1. The van der Waals surface area contributed by atoms with Crippen LogP contribution in [0.25, 0.3) is 0 Å². The van der Waals surface area contributed by atoms with Crippen LogP contribution in [-0.4, -0.2) is 5.91 Å². The largest absolute Gasteiger partial charge is 0.349 e. The van der Waals surface area contributed by atoms with E-state index in [9.17, 15) is 4.79 Å². The fourth-order valence-electron chi connectivity index (χ4n) is 2.65. The predicted molar refractivity (Wildman–Crippen MR) is 95.1 cm³/mol. The molecule has 22 heavy (non-hydrogen) atoms. The van der Waals surface area contributed by atoms with Crippen LogP contribution in [0.5, 0.6) is 0 Å². The zero-order chi connectivity index (χ0) is 16.3. The van der Waals surface area contributed by atoms with E-state index in [0.29, 0.717) is 6.42 Å². The summed E-state index contributed by atoms with van der Waals surface area (Å²) in [5.41, 5.74) is 5.96. The Kier molecular flexibility index (Phi) is 5.41. The molecule has 2 aromatic carbocycles. The first-order valence-corrected chi connectivity index (χ1v) is 8.27. The molecule has 0 aromatic heterocycles. The summed E-state index contributed by atoms with van der Waals surface area (Å²) in [6, 6.07) is 12.2. The van der Waals surface area contributed by atoms with E-state index in [0.717, 1.165) is 10.0 Å². The highest BCUT2D eigenvalue weighted by Gasteiger charge is 2.13. The molecule has 3 heteroatoms. The van der Waals surface area contributed by atoms with Crippen molar-refractivity contribution in [3.63, 3.8) is 0 Å². The molecule has 116 valence electrons. The molecule has 0 spiro atoms. The Labute approximate surface area is 141 Å². The topological polar surface area (TPSA) is 29.1 Å². The first-order chi connectivity index (χ1) is 10.4. The molecular weight excluding hydrogens is 338 g/mol. The summed E-state index contributed by atoms with van der Waals surface area (Å²) in [4.78, 5) is 12.2. The second kappa shape index (κ2) is 7.10. The number of rotatable bonds is 4. The minimum absolute atomic E-state index is 0.0129. The van der Waals surface area contributed by atoms with Gasteiger partial charge in [0.25, 0.3) is 0 Å². The van der Waals surface area contributed by atoms with Gasteiger partial charge in [0.2, 0.25) is 5.91 Å². The minimum atomic E-state index is 0.0129. The molecule has 0 heterocycles. The average Bonchev–Trinajstić information content (AvgIpc) is 2.42. The van der Waals surface area contributed by atoms with Crippen molar-refractivity contribution in [2.75, 3.05) is 0 Å². The van der Waals surface area contributed by atoms with Crippen molar-refractivity contribution in [1.82, 2.24) is 5.32 Å². The number of hydrogen-bond donors (Lipinski definition) is 1. The van der Waals surface area contributed by atoms with Crippen LogP contribution in [0.15, 0.2) is 40.9 Å². The average molecular weight is 360 g/mol. The van der Waals surface area contributed by atoms with Crippen LogP contribution in [0.2, 0.25) is 0 Å². The molecular formula is C19H22BrNO. The maximum Gasteiger partial charge on any atom is 0.224 e. The van der Waals surface area contributed by atoms with Crippen molar-refractivity contribution < 1.29 is 4.79 Å². The smallest absolute Gasteiger partial charge is 0.224 e. The lowest BCUT2D eigenvalue weighted by atomic mass is 9.96. The van der Waals surface area contributed by atoms with Crippen LogP contribution >= 0.6 is 15.9 Å². The van der Waals surface area contributed by atoms with Gasteiger partial charge >= 0.3 is 0 Å². The number of amides is 1. The zero-order valence-electron chi connectivity index (χ0n) is 13.5. The lowest BCUT2D eigenvalue weighted by molar-refractivity contribution is -0.121. The molecule has 0 bridgehead atoms. The Morgan fingerprint density at radius 2 is 1.77 bits per heavy atom. The van der Waals surface area contributed by atoms with E-state index in [1.807, 2.05) is 31.2 Å². The maximum absolute atomic E-state index is 12.2. The highest BCUT2D eigenvalue weighted by atomic mass is 79.9. The number of carbonyl (C=O) groups excluding carboxylic acids is 1. The quantitative estimate of drug-likeness (QED) is 0.834. The van der Waals surface area contributed by atoms with Crippen LogP contribution in [-0.2, 0) is 11.2 Å². The van der Waals surface area contributed by atoms with E-state index >= 15 is 0 Å². The summed E-state index contributed by atoms with van der Waals surface area (Å²) in [5.74, 6) is 0.0447. The Morgan fingerprint density at radius 3 is 2.45 bits per heavy atom. The minimum Gasteiger partial charge on any atom is -0.349 e. The van der Waals surface area contributed by atoms with Crippen LogP contribution < -0.4 is 5.32 Å². The van der Waals surface area contributed by atoms with Crippen LogP contribution in [0.1, 0.15) is 40.8 Å². The molecule has 0 aliphatic heterocycles. The first-order valence-electron chi connectivity index (χ1n) is 7.48. The molecule has 0 fully saturated rings. The highest BCUT2D eigenvalue weighted by molar-refractivity contribution is 9.10. The summed E-state index contributed by atoms with van der Waals surface area (Å²) in [6.45, 7) is 8.35. The Balaban J connectivity index is 2.07. The maximum atomic E-state index is 12.2. The normalized spacial score (nSPS) is 12.0. The third kappa shape index (κ3) is 4.20. The van der Waals surface area contributed by atoms with Crippen molar-refractivity contribution in [2.24, 2.45) is 0 Å². The van der Waals surface area contributed by atoms with Crippen molar-refractivity contribution in [3.05, 3.63) is 68.7 Å². The molecule has 2 nitrogen and oxygen atoms in total. The molecule has 2 aromatic rings. The van der Waals surface area contributed by atoms with Gasteiger partial charge in [-0.25, -0.2) is 0 Å². The van der Waals surface area contributed by atoms with Gasteiger partial charge in [-0.1, -0.05) is 40.2 Å². The Hall–Kier alpha value is -1.61. The third-order valence-corrected chi connectivity index (χ3v) is 4.47. The van der Waals surface area contributed by atoms with Crippen molar-refractivity contribution >= 4 is 21.8 Å². The lowest BCUT2D eigenvalue weighted by Crippen LogP contribution is -2.28. The fraction of sp³-hybridized carbons (Fsp3) is 0.316. The van der Waals surface area contributed by atoms with Gasteiger partial charge in [0.1, 0.15) is 0 Å². The van der Waals surface area contributed by atoms with E-state index in [-0.39, 0.29) is 11.9 Å². The van der Waals surface area contributed by atoms with Gasteiger partial charge in [-0.2, -0.15) is 0 Å². The second-order valence-corrected chi connectivity index (χ2v) is 6.80. The molecule has 0 saturated carbocycles. The van der Waals surface area contributed by atoms with E-state index in [2.05, 4.69) is 54.2 Å². The van der Waals surface area contributed by atoms with Gasteiger partial charge in [0, 0.05) is 4.47 Å². The molecule has 0 saturated heterocycles. The zero-order valence-corrected chi connectivity index (χ0v) is 15.1. The number of benzene rings is 2. The molecule has 1 atom stereocenters. The van der Waals surface area contributed by atoms with Crippen molar-refractivity contribution in [1.29, 1.82) is 0 Å². The third-order valence-electron chi connectivity index (χ3n) is 3.98. The van der Waals surface area contributed by atoms with Gasteiger partial charge in [-0.05, 0) is 67.6 Å². The highest BCUT2D eigenvalue weighted by Crippen LogP contribution is 2.22. The van der Waals surface area contributed by atoms with Crippen LogP contribution in [0, 0.1) is 20.8 Å². The molecule has 0 aliphatic rings. The number of nitrogens with one attached hydrogen (secondary N) is 1. The summed E-state index contributed by atoms with van der Waals surface area (Å²) in [6.07, 6.45) is 0.396. The fourth-order valence-corrected chi connectivity index (χ4v) is 3.10. The molecule has 0 aliphatic carbocycles. The lowest BCUT2D eigenvalue weighted by Gasteiger charge is -2.18. The van der Waals surface area contributed by atoms with Crippen molar-refractivity contribution in [2.45, 2.75) is 40.2 Å². The van der Waals surface area contributed by atoms with E-state index in [1.165, 1.54) is 22.3 Å². The molecule has 1 N–H and O–H groups in total. The molecule has 0 radical (unpaired) electrons. The standard InChI is InChI=1S/C19H22BrNO/c1-12-8-14(3)18(9-13(12)2)15(4)21-19(22)11-16-6-5-7-17(20)10-16/h5-10,15H,11H2,1-4H3,(H,21,22)/t15-/m1/s1. The monoisotopic (exact) mass is 359 g/mol. The Bertz CT molecular complexity index is 694. The summed E-state index contributed by atoms with van der Waals surface area (Å²) >= 11 is 3.43.